The molecule has 9 amide bonds. The number of nitrogens with one attached hydrogen (secondary N) is 8. The Labute approximate surface area is 404 Å². The molecule has 0 saturated carbocycles. The van der Waals surface area contributed by atoms with Gasteiger partial charge in [-0.05, 0) is 37.7 Å². The predicted octanol–water partition coefficient (Wildman–Crippen LogP) is -4.33. The van der Waals surface area contributed by atoms with E-state index in [0.29, 0.717) is 12.0 Å². The predicted molar refractivity (Wildman–Crippen MR) is 249 cm³/mol. The Balaban J connectivity index is 3.32. The lowest BCUT2D eigenvalue weighted by Gasteiger charge is -2.29. The zero-order valence-electron chi connectivity index (χ0n) is 39.4. The largest absolute Gasteiger partial charge is 0.481 e. The third-order valence-corrected chi connectivity index (χ3v) is 11.3. The first-order valence-electron chi connectivity index (χ1n) is 22.2. The van der Waals surface area contributed by atoms with Crippen molar-refractivity contribution >= 4 is 77.7 Å². The van der Waals surface area contributed by atoms with Gasteiger partial charge in [-0.25, -0.2) is 4.79 Å². The highest BCUT2D eigenvalue weighted by molar-refractivity contribution is 7.80. The van der Waals surface area contributed by atoms with E-state index in [0.717, 1.165) is 0 Å². The van der Waals surface area contributed by atoms with Crippen LogP contribution in [0.15, 0.2) is 30.3 Å². The van der Waals surface area contributed by atoms with Gasteiger partial charge in [-0.15, -0.1) is 0 Å². The third-order valence-electron chi connectivity index (χ3n) is 10.9. The van der Waals surface area contributed by atoms with Gasteiger partial charge in [0.25, 0.3) is 0 Å². The van der Waals surface area contributed by atoms with E-state index in [1.807, 2.05) is 0 Å². The number of carboxylic acid groups (broad SMARTS) is 2. The van der Waals surface area contributed by atoms with Crippen molar-refractivity contribution < 1.29 is 73.2 Å². The van der Waals surface area contributed by atoms with Crippen LogP contribution in [0.25, 0.3) is 0 Å². The van der Waals surface area contributed by atoms with E-state index in [2.05, 4.69) is 55.2 Å². The van der Waals surface area contributed by atoms with Crippen LogP contribution in [0, 0.1) is 11.8 Å². The number of amides is 9. The fourth-order valence-electron chi connectivity index (χ4n) is 6.32. The summed E-state index contributed by atoms with van der Waals surface area (Å²) >= 11 is 4.08. The Bertz CT molecular complexity index is 1960. The van der Waals surface area contributed by atoms with E-state index in [-0.39, 0.29) is 18.6 Å². The van der Waals surface area contributed by atoms with Crippen LogP contribution in [0.3, 0.4) is 0 Å². The van der Waals surface area contributed by atoms with Gasteiger partial charge in [-0.2, -0.15) is 12.6 Å². The number of benzene rings is 1. The number of aliphatic carboxylic acids is 2. The zero-order valence-corrected chi connectivity index (χ0v) is 40.2. The molecule has 0 heterocycles. The maximum atomic E-state index is 13.8. The van der Waals surface area contributed by atoms with Gasteiger partial charge in [0.1, 0.15) is 48.3 Å². The second-order valence-electron chi connectivity index (χ2n) is 16.6. The number of hydrogen-bond acceptors (Lipinski definition) is 15. The van der Waals surface area contributed by atoms with E-state index in [1.165, 1.54) is 20.8 Å². The van der Waals surface area contributed by atoms with Crippen molar-refractivity contribution in [1.29, 1.82) is 0 Å². The molecular formula is C43H68N10O15S. The Morgan fingerprint density at radius 2 is 1.00 bits per heavy atom. The van der Waals surface area contributed by atoms with Crippen LogP contribution in [0.2, 0.25) is 0 Å². The molecule has 1 rings (SSSR count). The topological polar surface area (TPSA) is 417 Å². The molecule has 69 heavy (non-hydrogen) atoms. The molecule has 0 unspecified atom stereocenters. The van der Waals surface area contributed by atoms with Gasteiger partial charge in [-0.1, -0.05) is 70.9 Å². The van der Waals surface area contributed by atoms with Gasteiger partial charge in [0.05, 0.1) is 25.2 Å². The number of carbonyl (C=O) groups is 11. The van der Waals surface area contributed by atoms with Gasteiger partial charge < -0.3 is 74.4 Å². The van der Waals surface area contributed by atoms with Gasteiger partial charge in [-0.3, -0.25) is 47.9 Å². The summed E-state index contributed by atoms with van der Waals surface area (Å²) in [5.74, 6) is -13.8. The smallest absolute Gasteiger partial charge is 0.326 e. The molecular weight excluding hydrogens is 929 g/mol. The molecule has 1 aromatic rings. The number of rotatable bonds is 31. The first-order valence-corrected chi connectivity index (χ1v) is 22.8. The molecule has 0 aliphatic carbocycles. The standard InChI is InChI=1S/C43H68N10O15S/c1-7-20(3)32(40(64)48-27(43(67)68)16-24-12-10-9-11-13-24)52-37(61)26(17-30(45)56)47-38(62)28(18-54)49-41(65)33(21(4)8-2)51-36(60)25(14-15-31(57)58)46-39(63)29(19-69)50-42(66)34(23(6)55)53-35(59)22(5)44/h9-13,20-23,25-29,32-34,54-55,69H,7-8,14-19,44H2,1-6H3,(H2,45,56)(H,46,63)(H,47,62)(H,48,64)(H,49,65)(H,50,66)(H,51,60)(H,52,61)(H,53,59)(H,57,58)(H,67,68)/t20-,21-,22-,23+,25-,26-,27-,28-,29-,32-,33-,34-/m0/s1. The number of aliphatic hydroxyl groups is 2. The van der Waals surface area contributed by atoms with Gasteiger partial charge in [0.2, 0.25) is 53.2 Å². The monoisotopic (exact) mass is 996 g/mol. The normalized spacial score (nSPS) is 16.3. The number of primary amides is 1. The third kappa shape index (κ3) is 20.8. The molecule has 16 N–H and O–H groups in total. The highest BCUT2D eigenvalue weighted by atomic mass is 32.1. The van der Waals surface area contributed by atoms with Gasteiger partial charge >= 0.3 is 11.9 Å². The SMILES string of the molecule is CC[C@H](C)[C@H](NC(=O)[C@H](CC(N)=O)NC(=O)[C@H](CO)NC(=O)[C@@H](NC(=O)[C@H](CCC(=O)O)NC(=O)[C@H](CS)NC(=O)[C@@H](NC(=O)[C@H](C)N)[C@@H](C)O)[C@@H](C)CC)C(=O)N[C@@H](Cc1ccccc1)C(=O)O. The second-order valence-corrected chi connectivity index (χ2v) is 16.9. The molecule has 1 aromatic carbocycles. The van der Waals surface area contributed by atoms with Crippen molar-refractivity contribution in [2.24, 2.45) is 23.3 Å². The molecule has 386 valence electrons. The number of aliphatic hydroxyl groups excluding tert-OH is 2. The minimum Gasteiger partial charge on any atom is -0.481 e. The Hall–Kier alpha value is -6.38. The maximum absolute atomic E-state index is 13.8. The van der Waals surface area contributed by atoms with Crippen LogP contribution in [0.1, 0.15) is 79.2 Å². The van der Waals surface area contributed by atoms with Crippen LogP contribution >= 0.6 is 12.6 Å². The molecule has 0 aliphatic rings. The minimum atomic E-state index is -1.85. The first kappa shape index (κ1) is 60.6. The first-order chi connectivity index (χ1) is 32.3. The lowest BCUT2D eigenvalue weighted by molar-refractivity contribution is -0.143. The van der Waals surface area contributed by atoms with Crippen molar-refractivity contribution in [3.8, 4) is 0 Å². The number of nitrogens with two attached hydrogens (primary N) is 2. The molecule has 0 fully saturated rings. The lowest BCUT2D eigenvalue weighted by atomic mass is 9.96. The highest BCUT2D eigenvalue weighted by Gasteiger charge is 2.37. The number of carboxylic acids is 2. The van der Waals surface area contributed by atoms with E-state index in [1.54, 1.807) is 51.1 Å². The Morgan fingerprint density at radius 1 is 0.580 bits per heavy atom. The summed E-state index contributed by atoms with van der Waals surface area (Å²) in [5.41, 5.74) is 11.5. The number of thiol groups is 1. The van der Waals surface area contributed by atoms with Crippen LogP contribution in [-0.2, 0) is 59.2 Å². The van der Waals surface area contributed by atoms with Crippen molar-refractivity contribution in [1.82, 2.24) is 42.5 Å². The van der Waals surface area contributed by atoms with Crippen molar-refractivity contribution in [2.45, 2.75) is 141 Å². The summed E-state index contributed by atoms with van der Waals surface area (Å²) in [7, 11) is 0. The molecule has 25 nitrogen and oxygen atoms in total. The lowest BCUT2D eigenvalue weighted by Crippen LogP contribution is -2.62. The second kappa shape index (κ2) is 30.2. The Kier molecular flexibility index (Phi) is 26.5. The van der Waals surface area contributed by atoms with Gasteiger partial charge in [0.15, 0.2) is 0 Å². The van der Waals surface area contributed by atoms with Crippen LogP contribution < -0.4 is 54.0 Å². The summed E-state index contributed by atoms with van der Waals surface area (Å²) in [6.07, 6.45) is -3.07. The molecule has 26 heteroatoms. The summed E-state index contributed by atoms with van der Waals surface area (Å²) in [4.78, 5) is 143. The van der Waals surface area contributed by atoms with Crippen molar-refractivity contribution in [3.63, 3.8) is 0 Å². The zero-order chi connectivity index (χ0) is 52.7. The average molecular weight is 997 g/mol. The number of hydrogen-bond donors (Lipinski definition) is 15. The number of carbonyl (C=O) groups excluding carboxylic acids is 9. The van der Waals surface area contributed by atoms with Gasteiger partial charge in [0, 0.05) is 18.6 Å². The molecule has 0 bridgehead atoms. The molecule has 0 saturated heterocycles. The fraction of sp³-hybridized carbons (Fsp3) is 0.605. The maximum Gasteiger partial charge on any atom is 0.326 e. The summed E-state index contributed by atoms with van der Waals surface area (Å²) in [6.45, 7) is 7.87. The fourth-order valence-corrected chi connectivity index (χ4v) is 6.57. The highest BCUT2D eigenvalue weighted by Crippen LogP contribution is 2.13. The molecule has 0 radical (unpaired) electrons. The molecule has 0 aliphatic heterocycles. The minimum absolute atomic E-state index is 0.0920. The quantitative estimate of drug-likeness (QED) is 0.0313. The molecule has 12 atom stereocenters. The van der Waals surface area contributed by atoms with Crippen LogP contribution in [0.4, 0.5) is 0 Å². The van der Waals surface area contributed by atoms with Crippen LogP contribution in [-0.4, -0.2) is 158 Å². The van der Waals surface area contributed by atoms with E-state index in [4.69, 9.17) is 11.5 Å². The van der Waals surface area contributed by atoms with Crippen molar-refractivity contribution in [3.05, 3.63) is 35.9 Å². The Morgan fingerprint density at radius 3 is 1.43 bits per heavy atom. The van der Waals surface area contributed by atoms with Crippen LogP contribution in [0.5, 0.6) is 0 Å². The molecule has 0 aromatic heterocycles. The van der Waals surface area contributed by atoms with E-state index in [9.17, 15) is 73.2 Å². The van der Waals surface area contributed by atoms with E-state index >= 15 is 0 Å². The van der Waals surface area contributed by atoms with Crippen molar-refractivity contribution in [2.75, 3.05) is 12.4 Å². The summed E-state index contributed by atoms with van der Waals surface area (Å²) < 4.78 is 0. The average Bonchev–Trinajstić information content (AvgIpc) is 3.29. The summed E-state index contributed by atoms with van der Waals surface area (Å²) in [6, 6.07) is -5.32. The molecule has 0 spiro atoms. The van der Waals surface area contributed by atoms with E-state index < -0.39 is 163 Å². The summed E-state index contributed by atoms with van der Waals surface area (Å²) in [5, 5.41) is 58.2.